The molecule has 0 saturated heterocycles. The van der Waals surface area contributed by atoms with E-state index in [9.17, 15) is 0 Å². The Morgan fingerprint density at radius 3 is 2.12 bits per heavy atom. The van der Waals surface area contributed by atoms with E-state index in [0.29, 0.717) is 0 Å². The molecule has 0 aliphatic heterocycles. The summed E-state index contributed by atoms with van der Waals surface area (Å²) in [7, 11) is 0. The highest BCUT2D eigenvalue weighted by molar-refractivity contribution is 9.10. The standard InChI is InChI=1S/C10H12BrNS.C4H10/c1-2-3-10(12-13)8-4-6-9(11)7-5-8;1-4(2)3/h2,4-7,10,12-13H,1,3H2;4H,1-3H3. The normalized spacial score (nSPS) is 11.6. The van der Waals surface area contributed by atoms with Gasteiger partial charge in [0.1, 0.15) is 0 Å². The molecular formula is C14H22BrNS. The smallest absolute Gasteiger partial charge is 0.0453 e. The maximum absolute atomic E-state index is 4.08. The van der Waals surface area contributed by atoms with Gasteiger partial charge in [0.25, 0.3) is 0 Å². The summed E-state index contributed by atoms with van der Waals surface area (Å²) >= 11 is 7.47. The summed E-state index contributed by atoms with van der Waals surface area (Å²) in [5, 5.41) is 0. The molecule has 96 valence electrons. The van der Waals surface area contributed by atoms with Gasteiger partial charge in [0.05, 0.1) is 0 Å². The number of hydrogen-bond donors (Lipinski definition) is 2. The summed E-state index contributed by atoms with van der Waals surface area (Å²) in [6.07, 6.45) is 2.76. The molecule has 1 atom stereocenters. The molecule has 0 aliphatic rings. The average molecular weight is 316 g/mol. The molecule has 0 fully saturated rings. The summed E-state index contributed by atoms with van der Waals surface area (Å²) in [6.45, 7) is 10.2. The van der Waals surface area contributed by atoms with Crippen LogP contribution in [0.15, 0.2) is 41.4 Å². The van der Waals surface area contributed by atoms with E-state index >= 15 is 0 Å². The zero-order valence-corrected chi connectivity index (χ0v) is 13.3. The van der Waals surface area contributed by atoms with Crippen LogP contribution in [0.4, 0.5) is 0 Å². The van der Waals surface area contributed by atoms with Crippen molar-refractivity contribution in [3.63, 3.8) is 0 Å². The number of nitrogens with one attached hydrogen (secondary N) is 1. The van der Waals surface area contributed by atoms with Crippen molar-refractivity contribution < 1.29 is 0 Å². The Bertz CT molecular complexity index is 306. The molecule has 17 heavy (non-hydrogen) atoms. The van der Waals surface area contributed by atoms with Crippen LogP contribution in [0.3, 0.4) is 0 Å². The van der Waals surface area contributed by atoms with Crippen LogP contribution in [0, 0.1) is 5.92 Å². The molecular weight excluding hydrogens is 294 g/mol. The maximum Gasteiger partial charge on any atom is 0.0453 e. The van der Waals surface area contributed by atoms with Crippen LogP contribution in [0.25, 0.3) is 0 Å². The molecule has 1 aromatic rings. The monoisotopic (exact) mass is 315 g/mol. The Labute approximate surface area is 119 Å². The molecule has 0 saturated carbocycles. The lowest BCUT2D eigenvalue weighted by atomic mass is 10.1. The number of halogens is 1. The number of benzene rings is 1. The quantitative estimate of drug-likeness (QED) is 0.577. The lowest BCUT2D eigenvalue weighted by molar-refractivity contribution is 0.692. The van der Waals surface area contributed by atoms with E-state index in [1.807, 2.05) is 18.2 Å². The Morgan fingerprint density at radius 2 is 1.76 bits per heavy atom. The van der Waals surface area contributed by atoms with Crippen LogP contribution in [-0.2, 0) is 0 Å². The van der Waals surface area contributed by atoms with Gasteiger partial charge in [-0.1, -0.05) is 67.7 Å². The fourth-order valence-electron chi connectivity index (χ4n) is 1.13. The Morgan fingerprint density at radius 1 is 1.29 bits per heavy atom. The van der Waals surface area contributed by atoms with Crippen molar-refractivity contribution in [1.29, 1.82) is 0 Å². The minimum atomic E-state index is 0.244. The predicted molar refractivity (Wildman–Crippen MR) is 84.3 cm³/mol. The second kappa shape index (κ2) is 9.75. The Kier molecular flexibility index (Phi) is 9.60. The molecule has 1 rings (SSSR count). The van der Waals surface area contributed by atoms with E-state index in [2.05, 4.69) is 72.9 Å². The summed E-state index contributed by atoms with van der Waals surface area (Å²) in [5.74, 6) is 0.833. The summed E-state index contributed by atoms with van der Waals surface area (Å²) in [6, 6.07) is 8.43. The van der Waals surface area contributed by atoms with Crippen LogP contribution in [-0.4, -0.2) is 0 Å². The first-order chi connectivity index (χ1) is 8.01. The van der Waals surface area contributed by atoms with E-state index in [1.165, 1.54) is 5.56 Å². The van der Waals surface area contributed by atoms with Gasteiger partial charge < -0.3 is 0 Å². The van der Waals surface area contributed by atoms with Crippen molar-refractivity contribution in [3.8, 4) is 0 Å². The van der Waals surface area contributed by atoms with Gasteiger partial charge in [-0.25, -0.2) is 0 Å². The van der Waals surface area contributed by atoms with Crippen LogP contribution in [0.2, 0.25) is 0 Å². The Hall–Kier alpha value is -0.250. The molecule has 1 unspecified atom stereocenters. The molecule has 3 heteroatoms. The van der Waals surface area contributed by atoms with Gasteiger partial charge in [0, 0.05) is 10.5 Å². The lowest BCUT2D eigenvalue weighted by Gasteiger charge is -2.13. The minimum Gasteiger partial charge on any atom is -0.259 e. The Balaban J connectivity index is 0.000000557. The van der Waals surface area contributed by atoms with E-state index in [0.717, 1.165) is 16.8 Å². The van der Waals surface area contributed by atoms with Crippen LogP contribution in [0.5, 0.6) is 0 Å². The van der Waals surface area contributed by atoms with Gasteiger partial charge in [-0.2, -0.15) is 0 Å². The zero-order valence-electron chi connectivity index (χ0n) is 10.8. The van der Waals surface area contributed by atoms with E-state index < -0.39 is 0 Å². The van der Waals surface area contributed by atoms with Crippen molar-refractivity contribution >= 4 is 28.7 Å². The molecule has 1 aromatic carbocycles. The highest BCUT2D eigenvalue weighted by Crippen LogP contribution is 2.20. The molecule has 0 radical (unpaired) electrons. The molecule has 1 nitrogen and oxygen atoms in total. The average Bonchev–Trinajstić information content (AvgIpc) is 2.26. The third kappa shape index (κ3) is 8.47. The fourth-order valence-corrected chi connectivity index (χ4v) is 1.64. The van der Waals surface area contributed by atoms with Gasteiger partial charge in [-0.05, 0) is 30.0 Å². The number of hydrogen-bond acceptors (Lipinski definition) is 2. The summed E-state index contributed by atoms with van der Waals surface area (Å²) in [4.78, 5) is 0. The molecule has 0 heterocycles. The largest absolute Gasteiger partial charge is 0.259 e. The molecule has 0 aliphatic carbocycles. The molecule has 0 aromatic heterocycles. The molecule has 1 N–H and O–H groups in total. The van der Waals surface area contributed by atoms with Gasteiger partial charge in [-0.15, -0.1) is 6.58 Å². The fraction of sp³-hybridized carbons (Fsp3) is 0.429. The maximum atomic E-state index is 4.08. The van der Waals surface area contributed by atoms with E-state index in [4.69, 9.17) is 0 Å². The second-order valence-corrected chi connectivity index (χ2v) is 5.66. The second-order valence-electron chi connectivity index (χ2n) is 4.49. The van der Waals surface area contributed by atoms with Crippen LogP contribution < -0.4 is 4.72 Å². The summed E-state index contributed by atoms with van der Waals surface area (Å²) in [5.41, 5.74) is 1.22. The number of thiol groups is 1. The highest BCUT2D eigenvalue weighted by atomic mass is 79.9. The highest BCUT2D eigenvalue weighted by Gasteiger charge is 2.06. The minimum absolute atomic E-state index is 0.244. The SMILES string of the molecule is C=CCC(NS)c1ccc(Br)cc1.CC(C)C. The first-order valence-corrected chi connectivity index (χ1v) is 7.01. The van der Waals surface area contributed by atoms with E-state index in [1.54, 1.807) is 0 Å². The predicted octanol–water partition coefficient (Wildman–Crippen LogP) is 5.16. The van der Waals surface area contributed by atoms with Gasteiger partial charge in [-0.3, -0.25) is 4.72 Å². The third-order valence-electron chi connectivity index (χ3n) is 1.83. The van der Waals surface area contributed by atoms with Crippen LogP contribution in [0.1, 0.15) is 38.8 Å². The zero-order chi connectivity index (χ0) is 13.3. The molecule has 0 amide bonds. The van der Waals surface area contributed by atoms with Crippen molar-refractivity contribution in [3.05, 3.63) is 47.0 Å². The van der Waals surface area contributed by atoms with Crippen molar-refractivity contribution in [2.24, 2.45) is 5.92 Å². The van der Waals surface area contributed by atoms with Crippen molar-refractivity contribution in [2.75, 3.05) is 0 Å². The lowest BCUT2D eigenvalue weighted by Crippen LogP contribution is -2.10. The summed E-state index contributed by atoms with van der Waals surface area (Å²) < 4.78 is 4.04. The van der Waals surface area contributed by atoms with Crippen molar-refractivity contribution in [1.82, 2.24) is 4.72 Å². The first kappa shape index (κ1) is 16.8. The van der Waals surface area contributed by atoms with Crippen LogP contribution >= 0.6 is 28.7 Å². The van der Waals surface area contributed by atoms with E-state index in [-0.39, 0.29) is 6.04 Å². The molecule has 0 spiro atoms. The van der Waals surface area contributed by atoms with Crippen molar-refractivity contribution in [2.45, 2.75) is 33.2 Å². The van der Waals surface area contributed by atoms with Gasteiger partial charge in [0.2, 0.25) is 0 Å². The van der Waals surface area contributed by atoms with Gasteiger partial charge >= 0.3 is 0 Å². The first-order valence-electron chi connectivity index (χ1n) is 5.77. The topological polar surface area (TPSA) is 12.0 Å². The number of rotatable bonds is 4. The van der Waals surface area contributed by atoms with Gasteiger partial charge in [0.15, 0.2) is 0 Å². The third-order valence-corrected chi connectivity index (χ3v) is 2.67. The molecule has 0 bridgehead atoms.